The van der Waals surface area contributed by atoms with Crippen LogP contribution < -0.4 is 4.31 Å². The first-order valence-electron chi connectivity index (χ1n) is 6.52. The van der Waals surface area contributed by atoms with Gasteiger partial charge in [-0.2, -0.15) is 0 Å². The molecule has 0 heterocycles. The van der Waals surface area contributed by atoms with Gasteiger partial charge in [0.15, 0.2) is 6.04 Å². The molecule has 2 N–H and O–H groups in total. The standard InChI is InChI=1S/C15H14ClNO5S/c16-12-5-1-10(2-6-12)11-3-7-13(8-4-11)17(23(21)22)14(9-18)15(19)20/h1-8,14,18H,9H2,(H,19,20)(H,21,22)/p-1. The normalized spacial score (nSPS) is 13.3. The second-order valence-corrected chi connectivity index (χ2v) is 5.90. The molecule has 0 amide bonds. The number of halogens is 1. The summed E-state index contributed by atoms with van der Waals surface area (Å²) in [5.41, 5.74) is 1.85. The number of aliphatic hydroxyl groups is 1. The van der Waals surface area contributed by atoms with E-state index in [1.165, 1.54) is 12.1 Å². The van der Waals surface area contributed by atoms with Gasteiger partial charge in [-0.25, -0.2) is 4.79 Å². The van der Waals surface area contributed by atoms with Crippen LogP contribution in [0.25, 0.3) is 11.1 Å². The number of benzene rings is 2. The van der Waals surface area contributed by atoms with Gasteiger partial charge in [0.05, 0.1) is 6.61 Å². The molecular formula is C15H13ClNO5S-. The molecule has 0 bridgehead atoms. The summed E-state index contributed by atoms with van der Waals surface area (Å²) < 4.78 is 23.3. The molecule has 2 rings (SSSR count). The van der Waals surface area contributed by atoms with Gasteiger partial charge in [-0.15, -0.1) is 0 Å². The summed E-state index contributed by atoms with van der Waals surface area (Å²) in [6.07, 6.45) is 0. The molecule has 8 heteroatoms. The zero-order chi connectivity index (χ0) is 17.0. The van der Waals surface area contributed by atoms with Gasteiger partial charge in [0.2, 0.25) is 0 Å². The van der Waals surface area contributed by atoms with Gasteiger partial charge in [-0.1, -0.05) is 35.9 Å². The number of anilines is 1. The minimum atomic E-state index is -2.83. The Labute approximate surface area is 140 Å². The summed E-state index contributed by atoms with van der Waals surface area (Å²) in [4.78, 5) is 11.1. The predicted molar refractivity (Wildman–Crippen MR) is 86.8 cm³/mol. The number of hydrogen-bond acceptors (Lipinski definition) is 4. The Morgan fingerprint density at radius 3 is 2.00 bits per heavy atom. The van der Waals surface area contributed by atoms with Crippen molar-refractivity contribution in [3.8, 4) is 11.1 Å². The van der Waals surface area contributed by atoms with Crippen molar-refractivity contribution in [2.75, 3.05) is 10.9 Å². The molecule has 0 aliphatic rings. The van der Waals surface area contributed by atoms with E-state index in [-0.39, 0.29) is 5.69 Å². The third-order valence-electron chi connectivity index (χ3n) is 3.20. The van der Waals surface area contributed by atoms with E-state index in [2.05, 4.69) is 0 Å². The Kier molecular flexibility index (Phi) is 5.73. The molecule has 0 saturated heterocycles. The molecule has 0 fully saturated rings. The van der Waals surface area contributed by atoms with Crippen molar-refractivity contribution >= 4 is 34.5 Å². The van der Waals surface area contributed by atoms with Gasteiger partial charge in [0, 0.05) is 22.0 Å². The fourth-order valence-electron chi connectivity index (χ4n) is 2.07. The van der Waals surface area contributed by atoms with E-state index in [9.17, 15) is 13.6 Å². The van der Waals surface area contributed by atoms with Crippen molar-refractivity contribution < 1.29 is 23.8 Å². The first-order chi connectivity index (χ1) is 10.9. The lowest BCUT2D eigenvalue weighted by Crippen LogP contribution is -2.45. The van der Waals surface area contributed by atoms with E-state index >= 15 is 0 Å². The molecule has 6 nitrogen and oxygen atoms in total. The number of aliphatic hydroxyl groups excluding tert-OH is 1. The molecule has 0 spiro atoms. The number of carboxylic acids is 1. The summed E-state index contributed by atoms with van der Waals surface area (Å²) in [6, 6.07) is 11.8. The van der Waals surface area contributed by atoms with Crippen LogP contribution in [0.4, 0.5) is 5.69 Å². The minimum absolute atomic E-state index is 0.150. The van der Waals surface area contributed by atoms with E-state index in [0.29, 0.717) is 9.33 Å². The topological polar surface area (TPSA) is 101 Å². The zero-order valence-electron chi connectivity index (χ0n) is 11.8. The molecule has 0 aromatic heterocycles. The minimum Gasteiger partial charge on any atom is -0.755 e. The van der Waals surface area contributed by atoms with Crippen molar-refractivity contribution in [3.05, 3.63) is 53.6 Å². The highest BCUT2D eigenvalue weighted by Crippen LogP contribution is 2.26. The second-order valence-electron chi connectivity index (χ2n) is 4.63. The van der Waals surface area contributed by atoms with Crippen LogP contribution in [0.1, 0.15) is 0 Å². The molecule has 0 saturated carbocycles. The molecule has 2 aromatic carbocycles. The van der Waals surface area contributed by atoms with Crippen molar-refractivity contribution in [1.29, 1.82) is 0 Å². The largest absolute Gasteiger partial charge is 0.755 e. The number of aliphatic carboxylic acids is 1. The van der Waals surface area contributed by atoms with Crippen LogP contribution in [0.3, 0.4) is 0 Å². The smallest absolute Gasteiger partial charge is 0.329 e. The van der Waals surface area contributed by atoms with E-state index in [4.69, 9.17) is 21.8 Å². The third kappa shape index (κ3) is 4.08. The summed E-state index contributed by atoms with van der Waals surface area (Å²) >= 11 is 2.99. The maximum atomic E-state index is 11.3. The first kappa shape index (κ1) is 17.4. The SMILES string of the molecule is O=C(O)C(CO)N(c1ccc(-c2ccc(Cl)cc2)cc1)S(=O)[O-]. The number of carbonyl (C=O) groups is 1. The summed E-state index contributed by atoms with van der Waals surface area (Å²) in [6.45, 7) is -0.831. The van der Waals surface area contributed by atoms with Crippen LogP contribution >= 0.6 is 11.6 Å². The monoisotopic (exact) mass is 354 g/mol. The predicted octanol–water partition coefficient (Wildman–Crippen LogP) is 2.05. The van der Waals surface area contributed by atoms with Crippen molar-refractivity contribution in [1.82, 2.24) is 0 Å². The molecule has 0 aliphatic heterocycles. The van der Waals surface area contributed by atoms with Crippen LogP contribution in [-0.4, -0.2) is 37.6 Å². The molecular weight excluding hydrogens is 342 g/mol. The molecule has 2 unspecified atom stereocenters. The van der Waals surface area contributed by atoms with Crippen molar-refractivity contribution in [2.45, 2.75) is 6.04 Å². The fraction of sp³-hybridized carbons (Fsp3) is 0.133. The summed E-state index contributed by atoms with van der Waals surface area (Å²) in [7, 11) is 0. The van der Waals surface area contributed by atoms with Crippen LogP contribution in [0.5, 0.6) is 0 Å². The van der Waals surface area contributed by atoms with E-state index in [0.717, 1.165) is 11.1 Å². The lowest BCUT2D eigenvalue weighted by molar-refractivity contribution is -0.139. The van der Waals surface area contributed by atoms with Crippen LogP contribution in [0.2, 0.25) is 5.02 Å². The molecule has 2 atom stereocenters. The first-order valence-corrected chi connectivity index (χ1v) is 7.93. The van der Waals surface area contributed by atoms with Gasteiger partial charge in [-0.05, 0) is 35.4 Å². The number of hydrogen-bond donors (Lipinski definition) is 2. The van der Waals surface area contributed by atoms with E-state index < -0.39 is 29.9 Å². The zero-order valence-corrected chi connectivity index (χ0v) is 13.3. The Morgan fingerprint density at radius 1 is 1.13 bits per heavy atom. The van der Waals surface area contributed by atoms with E-state index in [1.54, 1.807) is 24.3 Å². The Balaban J connectivity index is 2.34. The van der Waals surface area contributed by atoms with Crippen LogP contribution in [0, 0.1) is 0 Å². The molecule has 0 aliphatic carbocycles. The Hall–Kier alpha value is -1.93. The highest BCUT2D eigenvalue weighted by molar-refractivity contribution is 7.80. The summed E-state index contributed by atoms with van der Waals surface area (Å²) in [5, 5.41) is 18.8. The lowest BCUT2D eigenvalue weighted by atomic mass is 10.1. The Bertz CT molecular complexity index is 705. The van der Waals surface area contributed by atoms with Crippen LogP contribution in [0.15, 0.2) is 48.5 Å². The molecule has 122 valence electrons. The molecule has 2 aromatic rings. The van der Waals surface area contributed by atoms with Gasteiger partial charge in [-0.3, -0.25) is 8.51 Å². The van der Waals surface area contributed by atoms with Crippen molar-refractivity contribution in [3.63, 3.8) is 0 Å². The van der Waals surface area contributed by atoms with Gasteiger partial charge in [0.1, 0.15) is 0 Å². The second kappa shape index (κ2) is 7.56. The number of carboxylic acid groups (broad SMARTS) is 1. The van der Waals surface area contributed by atoms with Crippen molar-refractivity contribution in [2.24, 2.45) is 0 Å². The molecule has 23 heavy (non-hydrogen) atoms. The highest BCUT2D eigenvalue weighted by atomic mass is 35.5. The molecule has 0 radical (unpaired) electrons. The van der Waals surface area contributed by atoms with Crippen LogP contribution in [-0.2, 0) is 16.1 Å². The van der Waals surface area contributed by atoms with Gasteiger partial charge in [0.25, 0.3) is 0 Å². The maximum Gasteiger partial charge on any atom is 0.329 e. The van der Waals surface area contributed by atoms with Gasteiger partial charge < -0.3 is 14.8 Å². The van der Waals surface area contributed by atoms with Gasteiger partial charge >= 0.3 is 5.97 Å². The number of rotatable bonds is 6. The Morgan fingerprint density at radius 2 is 1.61 bits per heavy atom. The highest BCUT2D eigenvalue weighted by Gasteiger charge is 2.26. The maximum absolute atomic E-state index is 11.3. The number of nitrogens with zero attached hydrogens (tertiary/aromatic N) is 1. The lowest BCUT2D eigenvalue weighted by Gasteiger charge is -2.30. The quantitative estimate of drug-likeness (QED) is 0.773. The average Bonchev–Trinajstić information content (AvgIpc) is 2.53. The van der Waals surface area contributed by atoms with E-state index in [1.807, 2.05) is 12.1 Å². The third-order valence-corrected chi connectivity index (χ3v) is 4.24. The summed E-state index contributed by atoms with van der Waals surface area (Å²) in [5.74, 6) is -1.43. The average molecular weight is 355 g/mol. The fourth-order valence-corrected chi connectivity index (χ4v) is 2.85.